The number of benzene rings is 1. The van der Waals surface area contributed by atoms with Crippen LogP contribution < -0.4 is 5.32 Å². The number of hydrogen-bond acceptors (Lipinski definition) is 5. The Labute approximate surface area is 150 Å². The zero-order valence-corrected chi connectivity index (χ0v) is 15.5. The number of aryl methyl sites for hydroxylation is 2. The van der Waals surface area contributed by atoms with Crippen LogP contribution in [0.2, 0.25) is 0 Å². The first-order valence-corrected chi connectivity index (χ1v) is 9.60. The van der Waals surface area contributed by atoms with E-state index in [0.717, 1.165) is 39.1 Å². The third-order valence-corrected chi connectivity index (χ3v) is 6.19. The number of rotatable bonds is 7. The zero-order chi connectivity index (χ0) is 18.6. The maximum atomic E-state index is 13.0. The van der Waals surface area contributed by atoms with Crippen molar-refractivity contribution in [1.29, 1.82) is 0 Å². The summed E-state index contributed by atoms with van der Waals surface area (Å²) in [5, 5.41) is 3.01. The fourth-order valence-corrected chi connectivity index (χ4v) is 4.19. The molecule has 0 bridgehead atoms. The average Bonchev–Trinajstić information content (AvgIpc) is 2.85. The molecule has 1 amide bonds. The summed E-state index contributed by atoms with van der Waals surface area (Å²) >= 11 is 1.32. The molecule has 0 unspecified atom stereocenters. The van der Waals surface area contributed by atoms with Gasteiger partial charge < -0.3 is 5.32 Å². The summed E-state index contributed by atoms with van der Waals surface area (Å²) in [6, 6.07) is 4.43. The maximum Gasteiger partial charge on any atom is 0.243 e. The van der Waals surface area contributed by atoms with E-state index in [-0.39, 0.29) is 11.4 Å². The van der Waals surface area contributed by atoms with E-state index in [1.807, 2.05) is 13.8 Å². The molecule has 0 aliphatic rings. The van der Waals surface area contributed by atoms with E-state index in [1.54, 1.807) is 0 Å². The van der Waals surface area contributed by atoms with Gasteiger partial charge in [0.1, 0.15) is 5.82 Å². The molecule has 2 aromatic rings. The van der Waals surface area contributed by atoms with Crippen LogP contribution in [0, 0.1) is 19.7 Å². The number of carbonyl (C=O) groups is 1. The summed E-state index contributed by atoms with van der Waals surface area (Å²) in [6.45, 7) is 6.77. The monoisotopic (exact) mass is 383 g/mol. The molecule has 25 heavy (non-hydrogen) atoms. The number of amides is 1. The Kier molecular flexibility index (Phi) is 6.04. The van der Waals surface area contributed by atoms with Crippen molar-refractivity contribution >= 4 is 32.4 Å². The van der Waals surface area contributed by atoms with Crippen molar-refractivity contribution in [2.45, 2.75) is 18.7 Å². The Morgan fingerprint density at radius 3 is 2.52 bits per heavy atom. The van der Waals surface area contributed by atoms with Gasteiger partial charge >= 0.3 is 0 Å². The van der Waals surface area contributed by atoms with Gasteiger partial charge in [-0.05, 0) is 38.1 Å². The molecule has 0 aliphatic carbocycles. The lowest BCUT2D eigenvalue weighted by atomic mass is 10.4. The molecule has 0 saturated heterocycles. The highest BCUT2D eigenvalue weighted by Crippen LogP contribution is 2.21. The third kappa shape index (κ3) is 4.71. The minimum absolute atomic E-state index is 0.0525. The van der Waals surface area contributed by atoms with E-state index in [9.17, 15) is 17.6 Å². The summed E-state index contributed by atoms with van der Waals surface area (Å²) in [5.74, 6) is -1.05. The summed E-state index contributed by atoms with van der Waals surface area (Å²) < 4.78 is 39.3. The van der Waals surface area contributed by atoms with Crippen LogP contribution in [0.3, 0.4) is 0 Å². The molecule has 6 nitrogen and oxygen atoms in total. The Balaban J connectivity index is 2.17. The Hall–Kier alpha value is -2.10. The third-order valence-electron chi connectivity index (χ3n) is 3.38. The minimum atomic E-state index is -3.95. The van der Waals surface area contributed by atoms with Crippen molar-refractivity contribution in [3.05, 3.63) is 53.3 Å². The van der Waals surface area contributed by atoms with Crippen LogP contribution in [-0.2, 0) is 14.8 Å². The molecular formula is C16H18FN3O3S2. The number of carbonyl (C=O) groups excluding carboxylic acids is 1. The Morgan fingerprint density at radius 1 is 1.36 bits per heavy atom. The van der Waals surface area contributed by atoms with Crippen molar-refractivity contribution in [3.8, 4) is 0 Å². The highest BCUT2D eigenvalue weighted by molar-refractivity contribution is 7.89. The lowest BCUT2D eigenvalue weighted by molar-refractivity contribution is -0.116. The van der Waals surface area contributed by atoms with Gasteiger partial charge in [0.15, 0.2) is 5.13 Å². The van der Waals surface area contributed by atoms with Crippen LogP contribution in [0.4, 0.5) is 9.52 Å². The number of nitrogens with one attached hydrogen (secondary N) is 1. The van der Waals surface area contributed by atoms with E-state index in [1.165, 1.54) is 17.4 Å². The van der Waals surface area contributed by atoms with Gasteiger partial charge in [-0.15, -0.1) is 17.9 Å². The fourth-order valence-electron chi connectivity index (χ4n) is 1.99. The number of hydrogen-bond donors (Lipinski definition) is 1. The second-order valence-corrected chi connectivity index (χ2v) is 8.39. The second kappa shape index (κ2) is 7.85. The van der Waals surface area contributed by atoms with Gasteiger partial charge in [-0.25, -0.2) is 17.8 Å². The molecule has 0 aliphatic heterocycles. The number of thiazole rings is 1. The second-order valence-electron chi connectivity index (χ2n) is 5.25. The maximum absolute atomic E-state index is 13.0. The predicted octanol–water partition coefficient (Wildman–Crippen LogP) is 2.71. The van der Waals surface area contributed by atoms with Crippen molar-refractivity contribution in [3.63, 3.8) is 0 Å². The Bertz CT molecular complexity index is 857. The molecule has 1 N–H and O–H groups in total. The highest BCUT2D eigenvalue weighted by atomic mass is 32.2. The van der Waals surface area contributed by atoms with Gasteiger partial charge in [-0.2, -0.15) is 4.31 Å². The molecule has 9 heteroatoms. The van der Waals surface area contributed by atoms with E-state index in [4.69, 9.17) is 0 Å². The SMILES string of the molecule is C=CCN(CC(=O)Nc1nc(C)c(C)s1)S(=O)(=O)c1ccc(F)cc1. The van der Waals surface area contributed by atoms with E-state index < -0.39 is 28.3 Å². The van der Waals surface area contributed by atoms with Crippen LogP contribution in [0.25, 0.3) is 0 Å². The summed E-state index contributed by atoms with van der Waals surface area (Å²) in [7, 11) is -3.95. The van der Waals surface area contributed by atoms with Crippen LogP contribution in [-0.4, -0.2) is 36.7 Å². The molecule has 1 aromatic carbocycles. The smallest absolute Gasteiger partial charge is 0.243 e. The summed E-state index contributed by atoms with van der Waals surface area (Å²) in [6.07, 6.45) is 1.38. The summed E-state index contributed by atoms with van der Waals surface area (Å²) in [5.41, 5.74) is 0.808. The van der Waals surface area contributed by atoms with Crippen LogP contribution >= 0.6 is 11.3 Å². The topological polar surface area (TPSA) is 79.4 Å². The molecule has 0 radical (unpaired) electrons. The standard InChI is InChI=1S/C16H18FN3O3S2/c1-4-9-20(25(22,23)14-7-5-13(17)6-8-14)10-15(21)19-16-18-11(2)12(3)24-16/h4-8H,1,9-10H2,2-3H3,(H,18,19,21). The van der Waals surface area contributed by atoms with Gasteiger partial charge in [0, 0.05) is 11.4 Å². The Morgan fingerprint density at radius 2 is 2.00 bits per heavy atom. The van der Waals surface area contributed by atoms with Gasteiger partial charge in [0.25, 0.3) is 0 Å². The van der Waals surface area contributed by atoms with Crippen LogP contribution in [0.5, 0.6) is 0 Å². The molecule has 134 valence electrons. The number of halogens is 1. The first-order chi connectivity index (χ1) is 11.7. The fraction of sp³-hybridized carbons (Fsp3) is 0.250. The number of aromatic nitrogens is 1. The van der Waals surface area contributed by atoms with E-state index in [2.05, 4.69) is 16.9 Å². The molecule has 0 spiro atoms. The molecular weight excluding hydrogens is 365 g/mol. The van der Waals surface area contributed by atoms with Gasteiger partial charge in [0.2, 0.25) is 15.9 Å². The zero-order valence-electron chi connectivity index (χ0n) is 13.8. The van der Waals surface area contributed by atoms with Crippen molar-refractivity contribution in [2.75, 3.05) is 18.4 Å². The van der Waals surface area contributed by atoms with Crippen molar-refractivity contribution in [2.24, 2.45) is 0 Å². The minimum Gasteiger partial charge on any atom is -0.301 e. The summed E-state index contributed by atoms with van der Waals surface area (Å²) in [4.78, 5) is 17.3. The molecule has 2 rings (SSSR count). The molecule has 1 heterocycles. The normalized spacial score (nSPS) is 11.5. The van der Waals surface area contributed by atoms with Gasteiger partial charge in [-0.3, -0.25) is 4.79 Å². The predicted molar refractivity (Wildman–Crippen MR) is 95.6 cm³/mol. The molecule has 1 aromatic heterocycles. The largest absolute Gasteiger partial charge is 0.301 e. The highest BCUT2D eigenvalue weighted by Gasteiger charge is 2.26. The lowest BCUT2D eigenvalue weighted by Crippen LogP contribution is -2.38. The number of nitrogens with zero attached hydrogens (tertiary/aromatic N) is 2. The average molecular weight is 383 g/mol. The van der Waals surface area contributed by atoms with Gasteiger partial charge in [0.05, 0.1) is 17.1 Å². The van der Waals surface area contributed by atoms with Crippen molar-refractivity contribution < 1.29 is 17.6 Å². The van der Waals surface area contributed by atoms with E-state index >= 15 is 0 Å². The molecule has 0 atom stereocenters. The first kappa shape index (κ1) is 19.2. The van der Waals surface area contributed by atoms with Crippen molar-refractivity contribution in [1.82, 2.24) is 9.29 Å². The molecule has 0 fully saturated rings. The number of sulfonamides is 1. The quantitative estimate of drug-likeness (QED) is 0.746. The lowest BCUT2D eigenvalue weighted by Gasteiger charge is -2.20. The molecule has 0 saturated carbocycles. The van der Waals surface area contributed by atoms with Gasteiger partial charge in [-0.1, -0.05) is 6.08 Å². The first-order valence-electron chi connectivity index (χ1n) is 7.34. The van der Waals surface area contributed by atoms with Crippen LogP contribution in [0.15, 0.2) is 41.8 Å². The van der Waals surface area contributed by atoms with Crippen LogP contribution in [0.1, 0.15) is 10.6 Å². The van der Waals surface area contributed by atoms with E-state index in [0.29, 0.717) is 5.13 Å². The number of anilines is 1.